The predicted molar refractivity (Wildman–Crippen MR) is 128 cm³/mol. The number of benzene rings is 4. The van der Waals surface area contributed by atoms with E-state index < -0.39 is 0 Å². The number of ether oxygens (including phenoxy) is 5. The Kier molecular flexibility index (Phi) is 4.27. The van der Waals surface area contributed by atoms with Gasteiger partial charge in [-0.1, -0.05) is 12.1 Å². The third-order valence-electron chi connectivity index (χ3n) is 6.42. The van der Waals surface area contributed by atoms with Crippen LogP contribution < -0.4 is 23.7 Å². The van der Waals surface area contributed by atoms with Crippen LogP contribution >= 0.6 is 0 Å². The van der Waals surface area contributed by atoms with Crippen LogP contribution in [0.4, 0.5) is 0 Å². The summed E-state index contributed by atoms with van der Waals surface area (Å²) in [4.78, 5) is 0. The number of methoxy groups -OCH3 is 4. The summed E-state index contributed by atoms with van der Waals surface area (Å²) >= 11 is 0. The Hall–Kier alpha value is -4.12. The monoisotopic (exact) mass is 438 g/mol. The molecule has 0 amide bonds. The van der Waals surface area contributed by atoms with Crippen LogP contribution in [-0.4, -0.2) is 28.4 Å². The molecule has 0 unspecified atom stereocenters. The van der Waals surface area contributed by atoms with Crippen molar-refractivity contribution in [2.75, 3.05) is 28.4 Å². The van der Waals surface area contributed by atoms with Crippen LogP contribution in [0.1, 0.15) is 0 Å². The van der Waals surface area contributed by atoms with E-state index in [0.717, 1.165) is 79.0 Å². The molecule has 0 aromatic heterocycles. The van der Waals surface area contributed by atoms with Gasteiger partial charge in [0.2, 0.25) is 0 Å². The molecule has 0 aliphatic heterocycles. The summed E-state index contributed by atoms with van der Waals surface area (Å²) in [6, 6.07) is 20.1. The first-order valence-electron chi connectivity index (χ1n) is 10.6. The van der Waals surface area contributed by atoms with Gasteiger partial charge in [-0.05, 0) is 69.8 Å². The minimum absolute atomic E-state index is 0.733. The lowest BCUT2D eigenvalue weighted by Crippen LogP contribution is -2.06. The molecular weight excluding hydrogens is 416 g/mol. The van der Waals surface area contributed by atoms with E-state index in [2.05, 4.69) is 12.1 Å². The lowest BCUT2D eigenvalue weighted by Gasteiger charge is -2.30. The van der Waals surface area contributed by atoms with E-state index in [1.807, 2.05) is 48.5 Å². The van der Waals surface area contributed by atoms with E-state index >= 15 is 0 Å². The maximum absolute atomic E-state index is 6.61. The fourth-order valence-electron chi connectivity index (χ4n) is 4.74. The van der Waals surface area contributed by atoms with Gasteiger partial charge in [-0.3, -0.25) is 0 Å². The van der Waals surface area contributed by atoms with Crippen molar-refractivity contribution in [3.05, 3.63) is 60.7 Å². The summed E-state index contributed by atoms with van der Waals surface area (Å²) in [6.45, 7) is 0. The molecule has 164 valence electrons. The lowest BCUT2D eigenvalue weighted by atomic mass is 9.79. The SMILES string of the molecule is COc1ccc2c(c1)-c1c(Oc3cc(OC)cc4c3-c3cc(OC)ccc3-4)cc(OC)cc1-2. The molecule has 0 spiro atoms. The van der Waals surface area contributed by atoms with E-state index in [1.165, 1.54) is 0 Å². The third kappa shape index (κ3) is 2.79. The van der Waals surface area contributed by atoms with Crippen LogP contribution in [0.5, 0.6) is 34.5 Å². The van der Waals surface area contributed by atoms with Gasteiger partial charge in [0.25, 0.3) is 0 Å². The van der Waals surface area contributed by atoms with Gasteiger partial charge in [0, 0.05) is 23.3 Å². The Morgan fingerprint density at radius 1 is 0.394 bits per heavy atom. The molecular formula is C28H22O5. The zero-order valence-electron chi connectivity index (χ0n) is 18.8. The summed E-state index contributed by atoms with van der Waals surface area (Å²) in [5, 5.41) is 0. The highest BCUT2D eigenvalue weighted by atomic mass is 16.5. The summed E-state index contributed by atoms with van der Waals surface area (Å²) in [5.74, 6) is 4.58. The zero-order valence-corrected chi connectivity index (χ0v) is 18.8. The average Bonchev–Trinajstić information content (AvgIpc) is 2.84. The molecule has 2 aliphatic rings. The first-order chi connectivity index (χ1) is 16.1. The minimum Gasteiger partial charge on any atom is -0.497 e. The topological polar surface area (TPSA) is 46.2 Å². The van der Waals surface area contributed by atoms with Crippen LogP contribution in [0, 0.1) is 0 Å². The molecule has 0 saturated heterocycles. The van der Waals surface area contributed by atoms with E-state index in [0.29, 0.717) is 0 Å². The molecule has 33 heavy (non-hydrogen) atoms. The maximum atomic E-state index is 6.61. The van der Waals surface area contributed by atoms with Crippen molar-refractivity contribution in [1.82, 2.24) is 0 Å². The smallest absolute Gasteiger partial charge is 0.139 e. The van der Waals surface area contributed by atoms with Crippen LogP contribution in [0.3, 0.4) is 0 Å². The Morgan fingerprint density at radius 2 is 0.788 bits per heavy atom. The van der Waals surface area contributed by atoms with Crippen molar-refractivity contribution in [1.29, 1.82) is 0 Å². The van der Waals surface area contributed by atoms with Crippen molar-refractivity contribution >= 4 is 0 Å². The molecule has 0 heterocycles. The molecule has 0 N–H and O–H groups in total. The minimum atomic E-state index is 0.733. The fraction of sp³-hybridized carbons (Fsp3) is 0.143. The molecule has 0 saturated carbocycles. The molecule has 4 aromatic carbocycles. The van der Waals surface area contributed by atoms with Crippen molar-refractivity contribution in [2.24, 2.45) is 0 Å². The van der Waals surface area contributed by atoms with Gasteiger partial charge in [-0.15, -0.1) is 0 Å². The fourth-order valence-corrected chi connectivity index (χ4v) is 4.74. The number of rotatable bonds is 6. The maximum Gasteiger partial charge on any atom is 0.139 e. The highest BCUT2D eigenvalue weighted by molar-refractivity contribution is 6.08. The van der Waals surface area contributed by atoms with E-state index in [4.69, 9.17) is 23.7 Å². The van der Waals surface area contributed by atoms with Crippen LogP contribution in [-0.2, 0) is 0 Å². The highest BCUT2D eigenvalue weighted by Crippen LogP contribution is 2.58. The van der Waals surface area contributed by atoms with Crippen molar-refractivity contribution in [3.63, 3.8) is 0 Å². The van der Waals surface area contributed by atoms with Crippen LogP contribution in [0.25, 0.3) is 44.5 Å². The average molecular weight is 438 g/mol. The number of hydrogen-bond acceptors (Lipinski definition) is 5. The third-order valence-corrected chi connectivity index (χ3v) is 6.42. The second-order valence-corrected chi connectivity index (χ2v) is 8.02. The predicted octanol–water partition coefficient (Wildman–Crippen LogP) is 6.81. The van der Waals surface area contributed by atoms with E-state index in [1.54, 1.807) is 28.4 Å². The molecule has 0 atom stereocenters. The van der Waals surface area contributed by atoms with Crippen molar-refractivity contribution in [2.45, 2.75) is 0 Å². The summed E-state index contributed by atoms with van der Waals surface area (Å²) in [7, 11) is 6.68. The quantitative estimate of drug-likeness (QED) is 0.286. The van der Waals surface area contributed by atoms with Gasteiger partial charge in [-0.25, -0.2) is 0 Å². The van der Waals surface area contributed by atoms with Gasteiger partial charge in [0.15, 0.2) is 0 Å². The van der Waals surface area contributed by atoms with Crippen molar-refractivity contribution in [3.8, 4) is 79.0 Å². The van der Waals surface area contributed by atoms with Crippen LogP contribution in [0.15, 0.2) is 60.7 Å². The molecule has 0 bridgehead atoms. The first kappa shape index (κ1) is 19.6. The Balaban J connectivity index is 1.49. The molecule has 0 radical (unpaired) electrons. The molecule has 5 nitrogen and oxygen atoms in total. The van der Waals surface area contributed by atoms with Gasteiger partial charge >= 0.3 is 0 Å². The van der Waals surface area contributed by atoms with E-state index in [-0.39, 0.29) is 0 Å². The highest BCUT2D eigenvalue weighted by Gasteiger charge is 2.32. The zero-order chi connectivity index (χ0) is 22.7. The summed E-state index contributed by atoms with van der Waals surface area (Å²) in [5.41, 5.74) is 8.82. The Bertz CT molecular complexity index is 1330. The lowest BCUT2D eigenvalue weighted by molar-refractivity contribution is 0.404. The molecule has 4 aromatic rings. The Morgan fingerprint density at radius 3 is 1.18 bits per heavy atom. The van der Waals surface area contributed by atoms with E-state index in [9.17, 15) is 0 Å². The molecule has 0 fully saturated rings. The number of hydrogen-bond donors (Lipinski definition) is 0. The van der Waals surface area contributed by atoms with Gasteiger partial charge < -0.3 is 23.7 Å². The van der Waals surface area contributed by atoms with Crippen molar-refractivity contribution < 1.29 is 23.7 Å². The second kappa shape index (κ2) is 7.20. The summed E-state index contributed by atoms with van der Waals surface area (Å²) < 4.78 is 28.6. The number of fused-ring (bicyclic) bond motifs is 8. The molecule has 5 heteroatoms. The van der Waals surface area contributed by atoms with Gasteiger partial charge in [0.05, 0.1) is 28.4 Å². The molecule has 2 aliphatic carbocycles. The largest absolute Gasteiger partial charge is 0.497 e. The second-order valence-electron chi connectivity index (χ2n) is 8.02. The van der Waals surface area contributed by atoms with Gasteiger partial charge in [0.1, 0.15) is 34.5 Å². The van der Waals surface area contributed by atoms with Crippen LogP contribution in [0.2, 0.25) is 0 Å². The molecule has 6 rings (SSSR count). The normalized spacial score (nSPS) is 11.6. The Labute approximate surface area is 192 Å². The van der Waals surface area contributed by atoms with Gasteiger partial charge in [-0.2, -0.15) is 0 Å². The summed E-state index contributed by atoms with van der Waals surface area (Å²) in [6.07, 6.45) is 0. The standard InChI is InChI=1S/C28H22O5/c1-29-15-5-7-19-21(9-15)27-23(19)11-17(31-3)13-25(27)33-26-14-18(32-4)12-24-20-8-6-16(30-2)10-22(20)28(24)26/h5-14H,1-4H3. The first-order valence-corrected chi connectivity index (χ1v) is 10.6.